The van der Waals surface area contributed by atoms with Gasteiger partial charge in [0.2, 0.25) is 5.91 Å². The summed E-state index contributed by atoms with van der Waals surface area (Å²) in [5.74, 6) is -1.84. The first kappa shape index (κ1) is 19.7. The van der Waals surface area contributed by atoms with Crippen LogP contribution in [0, 0.1) is 0 Å². The Labute approximate surface area is 159 Å². The van der Waals surface area contributed by atoms with E-state index in [1.807, 2.05) is 0 Å². The molecule has 7 nitrogen and oxygen atoms in total. The molecule has 0 fully saturated rings. The van der Waals surface area contributed by atoms with Crippen LogP contribution in [0.15, 0.2) is 30.3 Å². The minimum absolute atomic E-state index is 0. The first-order valence-corrected chi connectivity index (χ1v) is 6.81. The molecule has 104 valence electrons. The molecule has 0 saturated carbocycles. The van der Waals surface area contributed by atoms with Crippen LogP contribution in [0.2, 0.25) is 0 Å². The van der Waals surface area contributed by atoms with Crippen LogP contribution in [-0.4, -0.2) is 30.2 Å². The second-order valence-electron chi connectivity index (χ2n) is 3.78. The van der Waals surface area contributed by atoms with E-state index in [1.165, 1.54) is 0 Å². The summed E-state index contributed by atoms with van der Waals surface area (Å²) in [6.07, 6.45) is 0. The predicted octanol–water partition coefficient (Wildman–Crippen LogP) is -3.69. The smallest absolute Gasteiger partial charge is 0.746 e. The molecular formula is C11H13KN2O5S. The molecule has 0 aliphatic heterocycles. The Hall–Kier alpha value is -0.294. The molecule has 1 aromatic carbocycles. The van der Waals surface area contributed by atoms with Crippen molar-refractivity contribution in [1.29, 1.82) is 0 Å². The van der Waals surface area contributed by atoms with E-state index in [2.05, 4.69) is 5.32 Å². The molecule has 1 unspecified atom stereocenters. The molecule has 0 aliphatic carbocycles. The fourth-order valence-corrected chi connectivity index (χ4v) is 1.99. The van der Waals surface area contributed by atoms with Gasteiger partial charge in [0.05, 0.1) is 0 Å². The van der Waals surface area contributed by atoms with Crippen molar-refractivity contribution in [1.82, 2.24) is 10.6 Å². The molecule has 0 bridgehead atoms. The van der Waals surface area contributed by atoms with Crippen molar-refractivity contribution in [3.63, 3.8) is 0 Å². The average Bonchev–Trinajstić information content (AvgIpc) is 2.33. The molecule has 0 aliphatic rings. The van der Waals surface area contributed by atoms with Crippen molar-refractivity contribution in [3.8, 4) is 0 Å². The maximum atomic E-state index is 11.6. The fraction of sp³-hybridized carbons (Fsp3) is 0.273. The van der Waals surface area contributed by atoms with Gasteiger partial charge in [0.15, 0.2) is 5.37 Å². The van der Waals surface area contributed by atoms with Gasteiger partial charge in [-0.15, -0.1) is 0 Å². The molecule has 1 rings (SSSR count). The quantitative estimate of drug-likeness (QED) is 0.427. The normalized spacial score (nSPS) is 11.9. The number of carbonyl (C=O) groups is 2. The summed E-state index contributed by atoms with van der Waals surface area (Å²) in [4.78, 5) is 22.4. The summed E-state index contributed by atoms with van der Waals surface area (Å²) in [6, 6.07) is 8.72. The summed E-state index contributed by atoms with van der Waals surface area (Å²) in [6.45, 7) is 1.08. The molecule has 20 heavy (non-hydrogen) atoms. The Morgan fingerprint density at radius 3 is 2.25 bits per heavy atom. The molecule has 1 aromatic rings. The number of rotatable bonds is 5. The van der Waals surface area contributed by atoms with Crippen molar-refractivity contribution >= 4 is 21.9 Å². The van der Waals surface area contributed by atoms with Crippen LogP contribution in [-0.2, 0) is 26.3 Å². The number of carbonyl (C=O) groups excluding carboxylic acids is 2. The van der Waals surface area contributed by atoms with E-state index < -0.39 is 27.3 Å². The van der Waals surface area contributed by atoms with E-state index >= 15 is 0 Å². The molecule has 0 spiro atoms. The molecule has 2 amide bonds. The fourth-order valence-electron chi connectivity index (χ4n) is 1.33. The van der Waals surface area contributed by atoms with Crippen molar-refractivity contribution in [2.75, 3.05) is 0 Å². The van der Waals surface area contributed by atoms with Crippen LogP contribution in [0.5, 0.6) is 0 Å². The molecule has 9 heteroatoms. The second-order valence-corrected chi connectivity index (χ2v) is 5.23. The van der Waals surface area contributed by atoms with Gasteiger partial charge in [-0.2, -0.15) is 0 Å². The van der Waals surface area contributed by atoms with Crippen molar-refractivity contribution in [3.05, 3.63) is 35.9 Å². The Bertz CT molecular complexity index is 561. The zero-order chi connectivity index (χ0) is 14.5. The van der Waals surface area contributed by atoms with Crippen LogP contribution >= 0.6 is 0 Å². The van der Waals surface area contributed by atoms with Gasteiger partial charge in [-0.05, 0) is 5.56 Å². The van der Waals surface area contributed by atoms with Crippen LogP contribution in [0.25, 0.3) is 0 Å². The van der Waals surface area contributed by atoms with Gasteiger partial charge in [0.1, 0.15) is 10.1 Å². The van der Waals surface area contributed by atoms with Gasteiger partial charge >= 0.3 is 51.4 Å². The van der Waals surface area contributed by atoms with Crippen molar-refractivity contribution < 1.29 is 73.9 Å². The number of nitrogens with one attached hydrogen (secondary N) is 2. The van der Waals surface area contributed by atoms with E-state index in [4.69, 9.17) is 0 Å². The molecule has 1 atom stereocenters. The predicted molar refractivity (Wildman–Crippen MR) is 65.6 cm³/mol. The number of benzene rings is 1. The topological polar surface area (TPSA) is 115 Å². The molecule has 0 heterocycles. The summed E-state index contributed by atoms with van der Waals surface area (Å²) in [7, 11) is -4.96. The van der Waals surface area contributed by atoms with Gasteiger partial charge in [-0.25, -0.2) is 8.42 Å². The van der Waals surface area contributed by atoms with Gasteiger partial charge in [-0.3, -0.25) is 9.59 Å². The second kappa shape index (κ2) is 8.87. The maximum absolute atomic E-state index is 11.6. The Kier molecular flexibility index (Phi) is 8.74. The van der Waals surface area contributed by atoms with Crippen LogP contribution in [0.1, 0.15) is 12.5 Å². The average molecular weight is 324 g/mol. The van der Waals surface area contributed by atoms with Crippen molar-refractivity contribution in [2.24, 2.45) is 0 Å². The number of hydrogen-bond donors (Lipinski definition) is 2. The van der Waals surface area contributed by atoms with E-state index in [0.29, 0.717) is 0 Å². The molecular weight excluding hydrogens is 311 g/mol. The van der Waals surface area contributed by atoms with E-state index in [9.17, 15) is 22.6 Å². The third-order valence-electron chi connectivity index (χ3n) is 2.17. The molecule has 0 aromatic heterocycles. The Balaban J connectivity index is 0.00000361. The molecule has 0 saturated heterocycles. The van der Waals surface area contributed by atoms with Gasteiger partial charge in [0, 0.05) is 13.5 Å². The zero-order valence-corrected chi connectivity index (χ0v) is 15.1. The van der Waals surface area contributed by atoms with E-state index in [-0.39, 0.29) is 57.9 Å². The number of hydrogen-bond acceptors (Lipinski definition) is 5. The third-order valence-corrected chi connectivity index (χ3v) is 3.08. The first-order valence-electron chi connectivity index (χ1n) is 5.34. The molecule has 2 N–H and O–H groups in total. The van der Waals surface area contributed by atoms with Gasteiger partial charge in [0.25, 0.3) is 5.91 Å². The van der Waals surface area contributed by atoms with Crippen LogP contribution in [0.4, 0.5) is 0 Å². The molecule has 0 radical (unpaired) electrons. The third kappa shape index (κ3) is 6.93. The zero-order valence-electron chi connectivity index (χ0n) is 11.1. The number of amides is 2. The van der Waals surface area contributed by atoms with Crippen LogP contribution < -0.4 is 62.0 Å². The SMILES string of the molecule is CC(=O)NC(C(=O)NCc1ccccc1)S(=O)(=O)[O-].[K+]. The van der Waals surface area contributed by atoms with E-state index in [0.717, 1.165) is 12.5 Å². The van der Waals surface area contributed by atoms with E-state index in [1.54, 1.807) is 35.6 Å². The Morgan fingerprint density at radius 2 is 1.80 bits per heavy atom. The maximum Gasteiger partial charge on any atom is 1.00 e. The van der Waals surface area contributed by atoms with Crippen molar-refractivity contribution in [2.45, 2.75) is 18.8 Å². The van der Waals surface area contributed by atoms with Gasteiger partial charge in [-0.1, -0.05) is 30.3 Å². The summed E-state index contributed by atoms with van der Waals surface area (Å²) in [5, 5.41) is 1.97. The minimum Gasteiger partial charge on any atom is -0.746 e. The largest absolute Gasteiger partial charge is 1.00 e. The summed E-state index contributed by atoms with van der Waals surface area (Å²) >= 11 is 0. The summed E-state index contributed by atoms with van der Waals surface area (Å²) in [5.41, 5.74) is 0.737. The van der Waals surface area contributed by atoms with Gasteiger partial charge < -0.3 is 15.2 Å². The summed E-state index contributed by atoms with van der Waals surface area (Å²) < 4.78 is 32.7. The Morgan fingerprint density at radius 1 is 1.25 bits per heavy atom. The minimum atomic E-state index is -4.96. The monoisotopic (exact) mass is 324 g/mol. The standard InChI is InChI=1S/C11H14N2O5S.K/c1-8(14)13-11(19(16,17)18)10(15)12-7-9-5-3-2-4-6-9;/h2-6,11H,7H2,1H3,(H,12,15)(H,13,14)(H,16,17,18);/q;+1/p-1. The first-order chi connectivity index (χ1) is 8.80. The van der Waals surface area contributed by atoms with Crippen LogP contribution in [0.3, 0.4) is 0 Å².